The predicted molar refractivity (Wildman–Crippen MR) is 236 cm³/mol. The van der Waals surface area contributed by atoms with Crippen LogP contribution in [-0.4, -0.2) is 19.5 Å². The fourth-order valence-corrected chi connectivity index (χ4v) is 9.61. The van der Waals surface area contributed by atoms with Crippen LogP contribution in [0.25, 0.3) is 115 Å². The average molecular weight is 747 g/mol. The Morgan fingerprint density at radius 3 is 1.79 bits per heavy atom. The molecule has 0 atom stereocenters. The zero-order valence-corrected chi connectivity index (χ0v) is 31.2. The van der Waals surface area contributed by atoms with E-state index in [1.807, 2.05) is 41.7 Å². The molecule has 0 unspecified atom stereocenters. The maximum Gasteiger partial charge on any atom is 0.238 e. The zero-order valence-electron chi connectivity index (χ0n) is 30.4. The van der Waals surface area contributed by atoms with Crippen molar-refractivity contribution in [2.45, 2.75) is 0 Å². The van der Waals surface area contributed by atoms with Crippen LogP contribution in [0, 0.1) is 0 Å². The first-order chi connectivity index (χ1) is 28.2. The van der Waals surface area contributed by atoms with Crippen LogP contribution in [0.5, 0.6) is 0 Å². The molecule has 0 aliphatic rings. The molecule has 0 saturated carbocycles. The van der Waals surface area contributed by atoms with Gasteiger partial charge >= 0.3 is 0 Å². The number of hydrogen-bond acceptors (Lipinski definition) is 5. The molecule has 12 rings (SSSR count). The number of thiophene rings is 1. The summed E-state index contributed by atoms with van der Waals surface area (Å²) in [4.78, 5) is 15.7. The third-order valence-corrected chi connectivity index (χ3v) is 12.2. The van der Waals surface area contributed by atoms with E-state index in [1.165, 1.54) is 25.7 Å². The molecule has 4 heterocycles. The third kappa shape index (κ3) is 5.04. The van der Waals surface area contributed by atoms with Crippen molar-refractivity contribution in [3.63, 3.8) is 0 Å². The molecular formula is C51H30N4OS. The summed E-state index contributed by atoms with van der Waals surface area (Å²) in [5.74, 6) is 1.73. The number of hydrogen-bond donors (Lipinski definition) is 0. The van der Waals surface area contributed by atoms with Gasteiger partial charge in [-0.1, -0.05) is 140 Å². The highest BCUT2D eigenvalue weighted by Crippen LogP contribution is 2.44. The normalized spacial score (nSPS) is 11.9. The van der Waals surface area contributed by atoms with Crippen LogP contribution >= 0.6 is 11.3 Å². The summed E-state index contributed by atoms with van der Waals surface area (Å²) in [6.07, 6.45) is 0. The van der Waals surface area contributed by atoms with Crippen LogP contribution in [-0.2, 0) is 0 Å². The first-order valence-corrected chi connectivity index (χ1v) is 19.8. The molecule has 0 aliphatic heterocycles. The van der Waals surface area contributed by atoms with Gasteiger partial charge in [0.25, 0.3) is 0 Å². The maximum atomic E-state index is 6.56. The topological polar surface area (TPSA) is 56.7 Å². The summed E-state index contributed by atoms with van der Waals surface area (Å²) in [7, 11) is 0. The number of benzene rings is 8. The van der Waals surface area contributed by atoms with E-state index in [2.05, 4.69) is 156 Å². The SMILES string of the molecule is c1ccc(-c2nc(-c3ccc4c(c3)oc3cccc(-c5ccccc5)c34)nc(-n3c4cc5sc6ccccc6c5cc4c4c(-c5ccccc5)cccc43)n2)cc1. The lowest BCUT2D eigenvalue weighted by atomic mass is 9.99. The molecule has 5 nitrogen and oxygen atoms in total. The molecule has 0 radical (unpaired) electrons. The van der Waals surface area contributed by atoms with E-state index >= 15 is 0 Å². The lowest BCUT2D eigenvalue weighted by Crippen LogP contribution is -2.06. The predicted octanol–water partition coefficient (Wildman–Crippen LogP) is 13.9. The second-order valence-electron chi connectivity index (χ2n) is 14.4. The summed E-state index contributed by atoms with van der Waals surface area (Å²) >= 11 is 1.82. The minimum atomic E-state index is 0.556. The highest BCUT2D eigenvalue weighted by molar-refractivity contribution is 7.25. The van der Waals surface area contributed by atoms with E-state index in [1.54, 1.807) is 0 Å². The van der Waals surface area contributed by atoms with E-state index in [0.29, 0.717) is 17.6 Å². The summed E-state index contributed by atoms with van der Waals surface area (Å²) in [5.41, 5.74) is 10.1. The Bertz CT molecular complexity index is 3510. The molecular weight excluding hydrogens is 717 g/mol. The molecule has 266 valence electrons. The first kappa shape index (κ1) is 31.9. The van der Waals surface area contributed by atoms with Gasteiger partial charge in [-0.25, -0.2) is 4.98 Å². The molecule has 4 aromatic heterocycles. The Kier molecular flexibility index (Phi) is 7.03. The molecule has 0 fully saturated rings. The summed E-state index contributed by atoms with van der Waals surface area (Å²) in [6, 6.07) is 63.7. The van der Waals surface area contributed by atoms with E-state index in [0.717, 1.165) is 71.6 Å². The Morgan fingerprint density at radius 1 is 0.386 bits per heavy atom. The van der Waals surface area contributed by atoms with Crippen LogP contribution in [0.1, 0.15) is 0 Å². The molecule has 8 aromatic carbocycles. The first-order valence-electron chi connectivity index (χ1n) is 19.0. The number of nitrogens with zero attached hydrogens (tertiary/aromatic N) is 4. The summed E-state index contributed by atoms with van der Waals surface area (Å²) in [6.45, 7) is 0. The van der Waals surface area contributed by atoms with Gasteiger partial charge < -0.3 is 4.42 Å². The molecule has 6 heteroatoms. The quantitative estimate of drug-likeness (QED) is 0.176. The number of aromatic nitrogens is 4. The molecule has 0 aliphatic carbocycles. The fourth-order valence-electron chi connectivity index (χ4n) is 8.49. The van der Waals surface area contributed by atoms with Crippen molar-refractivity contribution in [2.24, 2.45) is 0 Å². The van der Waals surface area contributed by atoms with Crippen molar-refractivity contribution >= 4 is 75.3 Å². The highest BCUT2D eigenvalue weighted by atomic mass is 32.1. The van der Waals surface area contributed by atoms with Crippen LogP contribution in [0.4, 0.5) is 0 Å². The third-order valence-electron chi connectivity index (χ3n) is 11.1. The minimum absolute atomic E-state index is 0.556. The smallest absolute Gasteiger partial charge is 0.238 e. The largest absolute Gasteiger partial charge is 0.456 e. The van der Waals surface area contributed by atoms with Gasteiger partial charge in [-0.15, -0.1) is 11.3 Å². The van der Waals surface area contributed by atoms with E-state index in [9.17, 15) is 0 Å². The van der Waals surface area contributed by atoms with Crippen molar-refractivity contribution in [3.8, 4) is 51.0 Å². The Labute approximate surface area is 330 Å². The molecule has 12 aromatic rings. The standard InChI is InChI=1S/C51H30N4OS/c1-4-14-31(15-5-1)35-21-12-23-41-47(35)40-29-39-37-20-10-11-25-45(37)57-46(39)30-42(40)55(41)51-53-49(33-18-8-3-9-19-33)52-50(54-51)34-26-27-38-44(28-34)56-43-24-13-22-36(48(38)43)32-16-6-2-7-17-32/h1-30H. The van der Waals surface area contributed by atoms with Crippen molar-refractivity contribution in [2.75, 3.05) is 0 Å². The maximum absolute atomic E-state index is 6.56. The molecule has 0 spiro atoms. The van der Waals surface area contributed by atoms with Gasteiger partial charge in [0.15, 0.2) is 11.6 Å². The number of furan rings is 1. The van der Waals surface area contributed by atoms with Gasteiger partial charge in [0.1, 0.15) is 11.2 Å². The second-order valence-corrected chi connectivity index (χ2v) is 15.5. The van der Waals surface area contributed by atoms with Crippen molar-refractivity contribution < 1.29 is 4.42 Å². The number of fused-ring (bicyclic) bond motifs is 9. The van der Waals surface area contributed by atoms with Crippen LogP contribution in [0.15, 0.2) is 186 Å². The summed E-state index contributed by atoms with van der Waals surface area (Å²) < 4.78 is 11.3. The Hall–Kier alpha value is -7.41. The van der Waals surface area contributed by atoms with Gasteiger partial charge in [0.05, 0.1) is 11.0 Å². The van der Waals surface area contributed by atoms with Crippen molar-refractivity contribution in [3.05, 3.63) is 182 Å². The van der Waals surface area contributed by atoms with Crippen molar-refractivity contribution in [1.82, 2.24) is 19.5 Å². The van der Waals surface area contributed by atoms with E-state index < -0.39 is 0 Å². The second kappa shape index (κ2) is 12.6. The van der Waals surface area contributed by atoms with Crippen molar-refractivity contribution in [1.29, 1.82) is 0 Å². The minimum Gasteiger partial charge on any atom is -0.456 e. The lowest BCUT2D eigenvalue weighted by Gasteiger charge is -2.11. The van der Waals surface area contributed by atoms with Gasteiger partial charge in [0, 0.05) is 52.8 Å². The Balaban J connectivity index is 1.13. The van der Waals surface area contributed by atoms with Gasteiger partial charge in [-0.05, 0) is 64.7 Å². The molecule has 0 amide bonds. The highest BCUT2D eigenvalue weighted by Gasteiger charge is 2.22. The van der Waals surface area contributed by atoms with Crippen LogP contribution in [0.3, 0.4) is 0 Å². The molecule has 57 heavy (non-hydrogen) atoms. The van der Waals surface area contributed by atoms with Gasteiger partial charge in [0.2, 0.25) is 5.95 Å². The molecule has 0 N–H and O–H groups in total. The summed E-state index contributed by atoms with van der Waals surface area (Å²) in [5, 5.41) is 6.98. The zero-order chi connectivity index (χ0) is 37.5. The van der Waals surface area contributed by atoms with Gasteiger partial charge in [-0.2, -0.15) is 9.97 Å². The van der Waals surface area contributed by atoms with Gasteiger partial charge in [-0.3, -0.25) is 4.57 Å². The van der Waals surface area contributed by atoms with Crippen LogP contribution in [0.2, 0.25) is 0 Å². The Morgan fingerprint density at radius 2 is 1.04 bits per heavy atom. The monoisotopic (exact) mass is 746 g/mol. The lowest BCUT2D eigenvalue weighted by molar-refractivity contribution is 0.669. The molecule has 0 bridgehead atoms. The van der Waals surface area contributed by atoms with E-state index in [4.69, 9.17) is 19.4 Å². The average Bonchev–Trinajstić information content (AvgIpc) is 3.95. The van der Waals surface area contributed by atoms with E-state index in [-0.39, 0.29) is 0 Å². The fraction of sp³-hybridized carbons (Fsp3) is 0. The van der Waals surface area contributed by atoms with Crippen LogP contribution < -0.4 is 0 Å². The molecule has 0 saturated heterocycles. The number of rotatable bonds is 5.